The Hall–Kier alpha value is -2.64. The Balaban J connectivity index is 2.23. The van der Waals surface area contributed by atoms with Crippen molar-refractivity contribution in [1.29, 1.82) is 0 Å². The number of amides is 1. The number of anilines is 2. The van der Waals surface area contributed by atoms with E-state index in [1.165, 1.54) is 30.6 Å². The molecule has 0 unspecified atom stereocenters. The van der Waals surface area contributed by atoms with E-state index in [2.05, 4.69) is 20.6 Å². The van der Waals surface area contributed by atoms with Gasteiger partial charge in [-0.3, -0.25) is 4.79 Å². The molecular weight excluding hydrogens is 285 g/mol. The highest BCUT2D eigenvalue weighted by molar-refractivity contribution is 6.03. The minimum absolute atomic E-state index is 0.0778. The molecule has 0 radical (unpaired) electrons. The van der Waals surface area contributed by atoms with E-state index in [9.17, 15) is 18.0 Å². The molecule has 5 nitrogen and oxygen atoms in total. The first-order valence-corrected chi connectivity index (χ1v) is 5.89. The molecule has 0 saturated heterocycles. The molecule has 110 valence electrons. The predicted molar refractivity (Wildman–Crippen MR) is 71.0 cm³/mol. The first kappa shape index (κ1) is 14.8. The van der Waals surface area contributed by atoms with Crippen LogP contribution in [0.4, 0.5) is 24.7 Å². The van der Waals surface area contributed by atoms with Gasteiger partial charge >= 0.3 is 6.18 Å². The van der Waals surface area contributed by atoms with E-state index in [0.717, 1.165) is 6.07 Å². The van der Waals surface area contributed by atoms with Gasteiger partial charge in [-0.25, -0.2) is 9.97 Å². The van der Waals surface area contributed by atoms with Crippen LogP contribution in [0.25, 0.3) is 0 Å². The van der Waals surface area contributed by atoms with Gasteiger partial charge in [0.05, 0.1) is 23.6 Å². The van der Waals surface area contributed by atoms with Gasteiger partial charge in [-0.2, -0.15) is 13.2 Å². The van der Waals surface area contributed by atoms with Crippen molar-refractivity contribution in [2.75, 3.05) is 17.7 Å². The fraction of sp³-hybridized carbons (Fsp3) is 0.154. The van der Waals surface area contributed by atoms with E-state index in [1.807, 2.05) is 0 Å². The Bertz CT molecular complexity index is 641. The molecule has 0 spiro atoms. The summed E-state index contributed by atoms with van der Waals surface area (Å²) in [6, 6.07) is 4.72. The molecule has 21 heavy (non-hydrogen) atoms. The Morgan fingerprint density at radius 1 is 1.14 bits per heavy atom. The van der Waals surface area contributed by atoms with Crippen molar-refractivity contribution in [2.24, 2.45) is 0 Å². The molecule has 2 rings (SSSR count). The highest BCUT2D eigenvalue weighted by Crippen LogP contribution is 2.34. The number of carbonyl (C=O) groups is 1. The van der Waals surface area contributed by atoms with Crippen LogP contribution in [0.1, 0.15) is 16.1 Å². The number of para-hydroxylation sites is 1. The summed E-state index contributed by atoms with van der Waals surface area (Å²) >= 11 is 0. The normalized spacial score (nSPS) is 11.0. The van der Waals surface area contributed by atoms with Crippen molar-refractivity contribution in [2.45, 2.75) is 6.18 Å². The van der Waals surface area contributed by atoms with E-state index in [-0.39, 0.29) is 11.4 Å². The standard InChI is InChI=1S/C13H11F3N4O/c1-17-11-7-18-10(6-19-11)12(21)20-9-5-3-2-4-8(9)13(14,15)16/h2-7H,1H3,(H,17,19)(H,20,21). The average Bonchev–Trinajstić information content (AvgIpc) is 2.47. The zero-order valence-electron chi connectivity index (χ0n) is 10.9. The van der Waals surface area contributed by atoms with Gasteiger partial charge in [0.1, 0.15) is 11.5 Å². The quantitative estimate of drug-likeness (QED) is 0.914. The largest absolute Gasteiger partial charge is 0.418 e. The summed E-state index contributed by atoms with van der Waals surface area (Å²) in [6.45, 7) is 0. The summed E-state index contributed by atoms with van der Waals surface area (Å²) in [6.07, 6.45) is -2.06. The number of hydrogen-bond acceptors (Lipinski definition) is 4. The molecule has 0 aliphatic rings. The van der Waals surface area contributed by atoms with Crippen LogP contribution in [-0.4, -0.2) is 22.9 Å². The monoisotopic (exact) mass is 296 g/mol. The summed E-state index contributed by atoms with van der Waals surface area (Å²) in [5.41, 5.74) is -1.32. The molecule has 0 saturated carbocycles. The number of aromatic nitrogens is 2. The van der Waals surface area contributed by atoms with Crippen molar-refractivity contribution in [1.82, 2.24) is 9.97 Å². The summed E-state index contributed by atoms with van der Waals surface area (Å²) in [7, 11) is 1.63. The Labute approximate surface area is 118 Å². The molecule has 0 bridgehead atoms. The van der Waals surface area contributed by atoms with Crippen LogP contribution in [0.5, 0.6) is 0 Å². The van der Waals surface area contributed by atoms with E-state index in [4.69, 9.17) is 0 Å². The van der Waals surface area contributed by atoms with Crippen molar-refractivity contribution in [3.8, 4) is 0 Å². The van der Waals surface area contributed by atoms with Crippen LogP contribution >= 0.6 is 0 Å². The van der Waals surface area contributed by atoms with Crippen LogP contribution in [0.15, 0.2) is 36.7 Å². The Morgan fingerprint density at radius 3 is 2.43 bits per heavy atom. The maximum atomic E-state index is 12.8. The summed E-state index contributed by atoms with van der Waals surface area (Å²) in [4.78, 5) is 19.6. The number of nitrogens with one attached hydrogen (secondary N) is 2. The molecule has 1 aromatic carbocycles. The second kappa shape index (κ2) is 5.78. The highest BCUT2D eigenvalue weighted by atomic mass is 19.4. The first-order chi connectivity index (χ1) is 9.91. The van der Waals surface area contributed by atoms with E-state index >= 15 is 0 Å². The third-order valence-electron chi connectivity index (χ3n) is 2.62. The lowest BCUT2D eigenvalue weighted by Gasteiger charge is -2.13. The molecule has 2 aromatic rings. The van der Waals surface area contributed by atoms with Crippen LogP contribution in [0.3, 0.4) is 0 Å². The minimum atomic E-state index is -4.55. The Morgan fingerprint density at radius 2 is 1.86 bits per heavy atom. The summed E-state index contributed by atoms with van der Waals surface area (Å²) in [5.74, 6) is -0.316. The van der Waals surface area contributed by atoms with Crippen LogP contribution in [0.2, 0.25) is 0 Å². The topological polar surface area (TPSA) is 66.9 Å². The lowest BCUT2D eigenvalue weighted by molar-refractivity contribution is -0.136. The van der Waals surface area contributed by atoms with Gasteiger partial charge in [0, 0.05) is 7.05 Å². The molecule has 2 N–H and O–H groups in total. The van der Waals surface area contributed by atoms with Gasteiger partial charge in [0.25, 0.3) is 5.91 Å². The number of rotatable bonds is 3. The minimum Gasteiger partial charge on any atom is -0.372 e. The van der Waals surface area contributed by atoms with Crippen LogP contribution < -0.4 is 10.6 Å². The summed E-state index contributed by atoms with van der Waals surface area (Å²) in [5, 5.41) is 4.91. The van der Waals surface area contributed by atoms with Crippen molar-refractivity contribution < 1.29 is 18.0 Å². The molecule has 0 aliphatic heterocycles. The fourth-order valence-electron chi connectivity index (χ4n) is 1.60. The van der Waals surface area contributed by atoms with E-state index in [0.29, 0.717) is 5.82 Å². The third-order valence-corrected chi connectivity index (χ3v) is 2.62. The molecule has 1 amide bonds. The maximum absolute atomic E-state index is 12.8. The number of carbonyl (C=O) groups excluding carboxylic acids is 1. The first-order valence-electron chi connectivity index (χ1n) is 5.89. The number of nitrogens with zero attached hydrogens (tertiary/aromatic N) is 2. The lowest BCUT2D eigenvalue weighted by Crippen LogP contribution is -2.18. The smallest absolute Gasteiger partial charge is 0.372 e. The van der Waals surface area contributed by atoms with Gasteiger partial charge in [-0.05, 0) is 12.1 Å². The van der Waals surface area contributed by atoms with Gasteiger partial charge in [-0.15, -0.1) is 0 Å². The molecule has 0 fully saturated rings. The SMILES string of the molecule is CNc1cnc(C(=O)Nc2ccccc2C(F)(F)F)cn1. The zero-order chi connectivity index (χ0) is 15.5. The zero-order valence-corrected chi connectivity index (χ0v) is 10.9. The lowest BCUT2D eigenvalue weighted by atomic mass is 10.1. The second-order valence-electron chi connectivity index (χ2n) is 4.03. The number of benzene rings is 1. The second-order valence-corrected chi connectivity index (χ2v) is 4.03. The fourth-order valence-corrected chi connectivity index (χ4v) is 1.60. The van der Waals surface area contributed by atoms with Crippen LogP contribution in [0, 0.1) is 0 Å². The van der Waals surface area contributed by atoms with Gasteiger partial charge in [-0.1, -0.05) is 12.1 Å². The molecule has 1 heterocycles. The number of halogens is 3. The number of hydrogen-bond donors (Lipinski definition) is 2. The highest BCUT2D eigenvalue weighted by Gasteiger charge is 2.33. The number of alkyl halides is 3. The van der Waals surface area contributed by atoms with E-state index < -0.39 is 17.6 Å². The Kier molecular flexibility index (Phi) is 4.06. The average molecular weight is 296 g/mol. The predicted octanol–water partition coefficient (Wildman–Crippen LogP) is 2.79. The maximum Gasteiger partial charge on any atom is 0.418 e. The third kappa shape index (κ3) is 3.47. The molecule has 0 aliphatic carbocycles. The van der Waals surface area contributed by atoms with Gasteiger partial charge < -0.3 is 10.6 Å². The van der Waals surface area contributed by atoms with Crippen LogP contribution in [-0.2, 0) is 6.18 Å². The van der Waals surface area contributed by atoms with Gasteiger partial charge in [0.2, 0.25) is 0 Å². The van der Waals surface area contributed by atoms with E-state index in [1.54, 1.807) is 7.05 Å². The van der Waals surface area contributed by atoms with Crippen molar-refractivity contribution in [3.05, 3.63) is 47.9 Å². The molecule has 0 atom stereocenters. The molecular formula is C13H11F3N4O. The summed E-state index contributed by atoms with van der Waals surface area (Å²) < 4.78 is 38.4. The van der Waals surface area contributed by atoms with Gasteiger partial charge in [0.15, 0.2) is 0 Å². The van der Waals surface area contributed by atoms with Crippen molar-refractivity contribution >= 4 is 17.4 Å². The van der Waals surface area contributed by atoms with Crippen molar-refractivity contribution in [3.63, 3.8) is 0 Å². The molecule has 8 heteroatoms. The molecule has 1 aromatic heterocycles.